The highest BCUT2D eigenvalue weighted by Gasteiger charge is 2.26. The summed E-state index contributed by atoms with van der Waals surface area (Å²) in [5, 5.41) is 2.18. The topological polar surface area (TPSA) is 113 Å². The van der Waals surface area contributed by atoms with E-state index in [1.807, 2.05) is 6.92 Å². The number of nitrogens with one attached hydrogen (secondary N) is 1. The lowest BCUT2D eigenvalue weighted by Gasteiger charge is -2.17. The number of carbonyl (C=O) groups is 1. The van der Waals surface area contributed by atoms with E-state index in [2.05, 4.69) is 5.32 Å². The molecule has 0 aliphatic heterocycles. The number of nitrogens with two attached hydrogens (primary N) is 1. The average Bonchev–Trinajstić information content (AvgIpc) is 2.02. The van der Waals surface area contributed by atoms with Gasteiger partial charge in [-0.2, -0.15) is 0 Å². The van der Waals surface area contributed by atoms with Crippen LogP contribution in [0, 0.1) is 0 Å². The van der Waals surface area contributed by atoms with Crippen molar-refractivity contribution >= 4 is 13.5 Å². The molecule has 2 atom stereocenters. The van der Waals surface area contributed by atoms with Gasteiger partial charge in [0, 0.05) is 0 Å². The van der Waals surface area contributed by atoms with Gasteiger partial charge in [-0.15, -0.1) is 0 Å². The molecule has 6 nitrogen and oxygen atoms in total. The normalized spacial score (nSPS) is 16.1. The highest BCUT2D eigenvalue weighted by Crippen LogP contribution is 2.39. The van der Waals surface area contributed by atoms with Crippen molar-refractivity contribution in [1.82, 2.24) is 5.32 Å². The summed E-state index contributed by atoms with van der Waals surface area (Å²) in [5.74, 6) is -1.71. The van der Waals surface area contributed by atoms with Crippen LogP contribution in [0.15, 0.2) is 0 Å². The molecule has 0 unspecified atom stereocenters. The van der Waals surface area contributed by atoms with Crippen molar-refractivity contribution in [3.05, 3.63) is 0 Å². The smallest absolute Gasteiger partial charge is 0.341 e. The Morgan fingerprint density at radius 3 is 2.43 bits per heavy atom. The fourth-order valence-corrected chi connectivity index (χ4v) is 1.13. The average molecular weight is 224 g/mol. The lowest BCUT2D eigenvalue weighted by molar-refractivity contribution is -0.122. The van der Waals surface area contributed by atoms with E-state index < -0.39 is 25.3 Å². The quantitative estimate of drug-likeness (QED) is 0.481. The molecule has 0 aromatic carbocycles. The summed E-state index contributed by atoms with van der Waals surface area (Å²) in [6.07, 6.45) is 1.25. The van der Waals surface area contributed by atoms with Gasteiger partial charge >= 0.3 is 7.60 Å². The highest BCUT2D eigenvalue weighted by atomic mass is 31.2. The standard InChI is InChI=1S/C7H17N2O4P/c1-3-4-6(8)7(10)9-5(2)14(11,12)13/h5-6H,3-4,8H2,1-2H3,(H,9,10)(H2,11,12,13)/t5-,6-/m0/s1. The predicted octanol–water partition coefficient (Wildman–Crippen LogP) is -0.246. The van der Waals surface area contributed by atoms with E-state index in [9.17, 15) is 9.36 Å². The second-order valence-electron chi connectivity index (χ2n) is 3.17. The Morgan fingerprint density at radius 1 is 1.57 bits per heavy atom. The third kappa shape index (κ3) is 4.72. The van der Waals surface area contributed by atoms with Gasteiger partial charge in [-0.25, -0.2) is 0 Å². The fourth-order valence-electron chi connectivity index (χ4n) is 0.839. The number of amides is 1. The van der Waals surface area contributed by atoms with Crippen LogP contribution >= 0.6 is 7.60 Å². The number of carbonyl (C=O) groups excluding carboxylic acids is 1. The van der Waals surface area contributed by atoms with Crippen molar-refractivity contribution < 1.29 is 19.1 Å². The Morgan fingerprint density at radius 2 is 2.07 bits per heavy atom. The molecule has 0 aromatic rings. The zero-order chi connectivity index (χ0) is 11.4. The number of hydrogen-bond donors (Lipinski definition) is 4. The molecule has 7 heteroatoms. The van der Waals surface area contributed by atoms with Gasteiger partial charge in [-0.05, 0) is 13.3 Å². The fraction of sp³-hybridized carbons (Fsp3) is 0.857. The Bertz CT molecular complexity index is 240. The summed E-state index contributed by atoms with van der Waals surface area (Å²) in [6.45, 7) is 3.12. The molecule has 0 radical (unpaired) electrons. The molecule has 0 aromatic heterocycles. The van der Waals surface area contributed by atoms with Crippen molar-refractivity contribution in [3.63, 3.8) is 0 Å². The minimum atomic E-state index is -4.26. The largest absolute Gasteiger partial charge is 0.347 e. The first-order chi connectivity index (χ1) is 6.29. The second-order valence-corrected chi connectivity index (χ2v) is 5.12. The van der Waals surface area contributed by atoms with Gasteiger partial charge in [0.15, 0.2) is 0 Å². The second kappa shape index (κ2) is 5.46. The molecule has 5 N–H and O–H groups in total. The Kier molecular flexibility index (Phi) is 5.29. The molecule has 0 fully saturated rings. The van der Waals surface area contributed by atoms with Crippen LogP contribution in [0.25, 0.3) is 0 Å². The lowest BCUT2D eigenvalue weighted by Crippen LogP contribution is -2.44. The van der Waals surface area contributed by atoms with Crippen molar-refractivity contribution in [2.24, 2.45) is 5.73 Å². The first kappa shape index (κ1) is 13.6. The highest BCUT2D eigenvalue weighted by molar-refractivity contribution is 7.52. The number of hydrogen-bond acceptors (Lipinski definition) is 3. The molecular weight excluding hydrogens is 207 g/mol. The van der Waals surface area contributed by atoms with Crippen LogP contribution < -0.4 is 11.1 Å². The number of rotatable bonds is 5. The monoisotopic (exact) mass is 224 g/mol. The molecule has 0 aliphatic carbocycles. The predicted molar refractivity (Wildman–Crippen MR) is 52.5 cm³/mol. The molecule has 0 bridgehead atoms. The molecule has 0 rings (SSSR count). The first-order valence-electron chi connectivity index (χ1n) is 4.40. The van der Waals surface area contributed by atoms with Crippen LogP contribution in [-0.2, 0) is 9.36 Å². The molecule has 0 saturated heterocycles. The summed E-state index contributed by atoms with van der Waals surface area (Å²) >= 11 is 0. The summed E-state index contributed by atoms with van der Waals surface area (Å²) in [7, 11) is -4.26. The van der Waals surface area contributed by atoms with E-state index >= 15 is 0 Å². The van der Waals surface area contributed by atoms with Gasteiger partial charge in [-0.3, -0.25) is 9.36 Å². The molecule has 0 aliphatic rings. The van der Waals surface area contributed by atoms with E-state index in [0.717, 1.165) is 6.42 Å². The van der Waals surface area contributed by atoms with Gasteiger partial charge in [0.25, 0.3) is 0 Å². The molecule has 84 valence electrons. The zero-order valence-corrected chi connectivity index (χ0v) is 9.20. The van der Waals surface area contributed by atoms with Gasteiger partial charge in [0.1, 0.15) is 5.78 Å². The molecule has 0 heterocycles. The van der Waals surface area contributed by atoms with E-state index in [4.69, 9.17) is 15.5 Å². The van der Waals surface area contributed by atoms with Gasteiger partial charge in [-0.1, -0.05) is 13.3 Å². The van der Waals surface area contributed by atoms with E-state index in [1.165, 1.54) is 6.92 Å². The van der Waals surface area contributed by atoms with Crippen molar-refractivity contribution in [3.8, 4) is 0 Å². The van der Waals surface area contributed by atoms with Gasteiger partial charge < -0.3 is 20.8 Å². The van der Waals surface area contributed by atoms with Crippen LogP contribution in [0.2, 0.25) is 0 Å². The summed E-state index contributed by atoms with van der Waals surface area (Å²) in [6, 6.07) is -0.700. The Balaban J connectivity index is 4.13. The van der Waals surface area contributed by atoms with E-state index in [1.54, 1.807) is 0 Å². The van der Waals surface area contributed by atoms with Crippen LogP contribution in [0.5, 0.6) is 0 Å². The van der Waals surface area contributed by atoms with Crippen molar-refractivity contribution in [2.75, 3.05) is 0 Å². The maximum Gasteiger partial charge on any atom is 0.347 e. The van der Waals surface area contributed by atoms with E-state index in [0.29, 0.717) is 6.42 Å². The molecule has 14 heavy (non-hydrogen) atoms. The third-order valence-corrected chi connectivity index (χ3v) is 2.93. The van der Waals surface area contributed by atoms with Crippen LogP contribution in [0.4, 0.5) is 0 Å². The zero-order valence-electron chi connectivity index (χ0n) is 8.30. The molecule has 0 spiro atoms. The SMILES string of the molecule is CCC[C@H](N)C(=O)N[C@H](C)P(=O)(O)O. The molecular formula is C7H17N2O4P. The van der Waals surface area contributed by atoms with Crippen LogP contribution in [-0.4, -0.2) is 27.5 Å². The Hall–Kier alpha value is -0.420. The maximum atomic E-state index is 11.2. The first-order valence-corrected chi connectivity index (χ1v) is 6.08. The summed E-state index contributed by atoms with van der Waals surface area (Å²) < 4.78 is 10.7. The molecule has 0 saturated carbocycles. The summed E-state index contributed by atoms with van der Waals surface area (Å²) in [4.78, 5) is 28.6. The summed E-state index contributed by atoms with van der Waals surface area (Å²) in [5.41, 5.74) is 5.45. The minimum Gasteiger partial charge on any atom is -0.341 e. The van der Waals surface area contributed by atoms with Crippen LogP contribution in [0.1, 0.15) is 26.7 Å². The maximum absolute atomic E-state index is 11.2. The van der Waals surface area contributed by atoms with Gasteiger partial charge in [0.05, 0.1) is 6.04 Å². The molecule has 1 amide bonds. The van der Waals surface area contributed by atoms with Gasteiger partial charge in [0.2, 0.25) is 5.91 Å². The Labute approximate surface area is 83.0 Å². The lowest BCUT2D eigenvalue weighted by atomic mass is 10.2. The minimum absolute atomic E-state index is 0.500. The third-order valence-electron chi connectivity index (χ3n) is 1.79. The van der Waals surface area contributed by atoms with Crippen molar-refractivity contribution in [1.29, 1.82) is 0 Å². The van der Waals surface area contributed by atoms with E-state index in [-0.39, 0.29) is 0 Å². The van der Waals surface area contributed by atoms with Crippen molar-refractivity contribution in [2.45, 2.75) is 38.5 Å². The van der Waals surface area contributed by atoms with Crippen LogP contribution in [0.3, 0.4) is 0 Å².